The summed E-state index contributed by atoms with van der Waals surface area (Å²) in [6.45, 7) is 4.41. The van der Waals surface area contributed by atoms with Crippen molar-refractivity contribution in [2.45, 2.75) is 76.4 Å². The minimum Gasteiger partial charge on any atom is -0.375 e. The van der Waals surface area contributed by atoms with Crippen LogP contribution in [0.3, 0.4) is 0 Å². The summed E-state index contributed by atoms with van der Waals surface area (Å²) in [4.78, 5) is 0. The molecule has 1 spiro atoms. The van der Waals surface area contributed by atoms with E-state index in [1.165, 1.54) is 69.3 Å². The van der Waals surface area contributed by atoms with Gasteiger partial charge in [0.05, 0.1) is 5.60 Å². The zero-order valence-electron chi connectivity index (χ0n) is 13.7. The van der Waals surface area contributed by atoms with Gasteiger partial charge in [0.2, 0.25) is 0 Å². The topological polar surface area (TPSA) is 21.3 Å². The van der Waals surface area contributed by atoms with Crippen molar-refractivity contribution in [1.82, 2.24) is 5.32 Å². The van der Waals surface area contributed by atoms with E-state index in [1.807, 2.05) is 0 Å². The van der Waals surface area contributed by atoms with Crippen LogP contribution >= 0.6 is 11.8 Å². The maximum absolute atomic E-state index is 6.30. The molecule has 3 fully saturated rings. The first-order valence-corrected chi connectivity index (χ1v) is 10.4. The molecule has 0 amide bonds. The van der Waals surface area contributed by atoms with Crippen LogP contribution in [0.25, 0.3) is 0 Å². The van der Waals surface area contributed by atoms with Crippen LogP contribution in [0.5, 0.6) is 0 Å². The maximum Gasteiger partial charge on any atom is 0.0701 e. The Hall–Kier alpha value is 0.270. The van der Waals surface area contributed by atoms with Crippen molar-refractivity contribution < 1.29 is 4.74 Å². The Morgan fingerprint density at radius 2 is 1.90 bits per heavy atom. The second-order valence-corrected chi connectivity index (χ2v) is 8.66. The monoisotopic (exact) mass is 311 g/mol. The van der Waals surface area contributed by atoms with Crippen molar-refractivity contribution in [2.75, 3.05) is 24.7 Å². The lowest BCUT2D eigenvalue weighted by Gasteiger charge is -2.45. The molecule has 3 heteroatoms. The summed E-state index contributed by atoms with van der Waals surface area (Å²) in [5.41, 5.74) is 0.272. The summed E-state index contributed by atoms with van der Waals surface area (Å²) < 4.78 is 6.30. The highest BCUT2D eigenvalue weighted by Crippen LogP contribution is 2.44. The van der Waals surface area contributed by atoms with Gasteiger partial charge in [-0.2, -0.15) is 11.8 Å². The summed E-state index contributed by atoms with van der Waals surface area (Å²) in [7, 11) is 0. The Bertz CT molecular complexity index is 311. The van der Waals surface area contributed by atoms with Crippen LogP contribution < -0.4 is 5.32 Å². The first-order chi connectivity index (χ1) is 10.3. The molecule has 3 atom stereocenters. The average molecular weight is 312 g/mol. The van der Waals surface area contributed by atoms with Gasteiger partial charge in [-0.15, -0.1) is 0 Å². The van der Waals surface area contributed by atoms with Gasteiger partial charge in [0.1, 0.15) is 0 Å². The minimum atomic E-state index is 0.272. The third kappa shape index (κ3) is 4.17. The maximum atomic E-state index is 6.30. The molecule has 1 N–H and O–H groups in total. The Morgan fingerprint density at radius 1 is 1.10 bits per heavy atom. The van der Waals surface area contributed by atoms with E-state index in [-0.39, 0.29) is 5.60 Å². The largest absolute Gasteiger partial charge is 0.375 e. The van der Waals surface area contributed by atoms with Crippen molar-refractivity contribution in [3.05, 3.63) is 0 Å². The van der Waals surface area contributed by atoms with Gasteiger partial charge in [-0.05, 0) is 68.4 Å². The van der Waals surface area contributed by atoms with Crippen LogP contribution in [0.1, 0.15) is 64.7 Å². The number of thioether (sulfide) groups is 1. The standard InChI is InChI=1S/C18H33NOS/c1-2-19-17-6-4-3-5-15(13-17)16-7-10-20-18(14-16)8-11-21-12-9-18/h15-17,19H,2-14H2,1H3. The molecular weight excluding hydrogens is 278 g/mol. The summed E-state index contributed by atoms with van der Waals surface area (Å²) >= 11 is 2.12. The molecule has 2 aliphatic heterocycles. The third-order valence-corrected chi connectivity index (χ3v) is 7.04. The van der Waals surface area contributed by atoms with E-state index in [0.29, 0.717) is 0 Å². The quantitative estimate of drug-likeness (QED) is 0.788. The highest BCUT2D eigenvalue weighted by Gasteiger charge is 2.41. The highest BCUT2D eigenvalue weighted by molar-refractivity contribution is 7.99. The molecule has 122 valence electrons. The zero-order chi connectivity index (χ0) is 14.5. The molecule has 3 rings (SSSR count). The molecule has 0 bridgehead atoms. The smallest absolute Gasteiger partial charge is 0.0701 e. The number of ether oxygens (including phenoxy) is 1. The third-order valence-electron chi connectivity index (χ3n) is 6.06. The van der Waals surface area contributed by atoms with E-state index in [1.54, 1.807) is 0 Å². The van der Waals surface area contributed by atoms with Gasteiger partial charge in [-0.1, -0.05) is 26.2 Å². The zero-order valence-corrected chi connectivity index (χ0v) is 14.6. The fraction of sp³-hybridized carbons (Fsp3) is 1.00. The summed E-state index contributed by atoms with van der Waals surface area (Å²) in [5.74, 6) is 4.52. The van der Waals surface area contributed by atoms with E-state index < -0.39 is 0 Å². The Labute approximate surface area is 135 Å². The normalized spacial score (nSPS) is 37.3. The molecule has 2 saturated heterocycles. The van der Waals surface area contributed by atoms with Crippen LogP contribution in [0.4, 0.5) is 0 Å². The number of hydrogen-bond acceptors (Lipinski definition) is 3. The van der Waals surface area contributed by atoms with Crippen LogP contribution in [0, 0.1) is 11.8 Å². The number of hydrogen-bond donors (Lipinski definition) is 1. The molecule has 1 aliphatic carbocycles. The summed E-state index contributed by atoms with van der Waals surface area (Å²) in [5, 5.41) is 3.73. The Morgan fingerprint density at radius 3 is 2.71 bits per heavy atom. The second-order valence-electron chi connectivity index (χ2n) is 7.43. The Balaban J connectivity index is 1.61. The molecule has 0 radical (unpaired) electrons. The molecule has 2 nitrogen and oxygen atoms in total. The van der Waals surface area contributed by atoms with Gasteiger partial charge in [-0.3, -0.25) is 0 Å². The lowest BCUT2D eigenvalue weighted by molar-refractivity contribution is -0.112. The predicted octanol–water partition coefficient (Wildman–Crippen LogP) is 4.24. The molecule has 0 aromatic carbocycles. The Kier molecular flexibility index (Phi) is 5.92. The second kappa shape index (κ2) is 7.70. The van der Waals surface area contributed by atoms with Crippen molar-refractivity contribution in [2.24, 2.45) is 11.8 Å². The fourth-order valence-electron chi connectivity index (χ4n) is 4.86. The van der Waals surface area contributed by atoms with Gasteiger partial charge in [0, 0.05) is 12.6 Å². The molecule has 2 heterocycles. The van der Waals surface area contributed by atoms with Crippen molar-refractivity contribution in [3.63, 3.8) is 0 Å². The summed E-state index contributed by atoms with van der Waals surface area (Å²) in [6.07, 6.45) is 12.5. The molecule has 0 aromatic heterocycles. The molecular formula is C18H33NOS. The predicted molar refractivity (Wildman–Crippen MR) is 92.0 cm³/mol. The van der Waals surface area contributed by atoms with Crippen LogP contribution in [-0.2, 0) is 4.74 Å². The van der Waals surface area contributed by atoms with Crippen molar-refractivity contribution >= 4 is 11.8 Å². The minimum absolute atomic E-state index is 0.272. The van der Waals surface area contributed by atoms with Gasteiger partial charge in [0.15, 0.2) is 0 Å². The van der Waals surface area contributed by atoms with Crippen molar-refractivity contribution in [1.29, 1.82) is 0 Å². The molecule has 1 saturated carbocycles. The van der Waals surface area contributed by atoms with Gasteiger partial charge < -0.3 is 10.1 Å². The first kappa shape index (κ1) is 16.1. The van der Waals surface area contributed by atoms with Gasteiger partial charge in [0.25, 0.3) is 0 Å². The van der Waals surface area contributed by atoms with Crippen LogP contribution in [0.15, 0.2) is 0 Å². The van der Waals surface area contributed by atoms with Crippen LogP contribution in [-0.4, -0.2) is 36.3 Å². The van der Waals surface area contributed by atoms with E-state index in [9.17, 15) is 0 Å². The molecule has 0 aromatic rings. The SMILES string of the molecule is CCNC1CCCCC(C2CCOC3(CCSCC3)C2)C1. The van der Waals surface area contributed by atoms with Gasteiger partial charge in [-0.25, -0.2) is 0 Å². The van der Waals surface area contributed by atoms with E-state index in [0.717, 1.165) is 31.0 Å². The van der Waals surface area contributed by atoms with Crippen LogP contribution in [0.2, 0.25) is 0 Å². The van der Waals surface area contributed by atoms with E-state index >= 15 is 0 Å². The first-order valence-electron chi connectivity index (χ1n) is 9.26. The highest BCUT2D eigenvalue weighted by atomic mass is 32.2. The molecule has 3 aliphatic rings. The van der Waals surface area contributed by atoms with E-state index in [2.05, 4.69) is 24.0 Å². The molecule has 21 heavy (non-hydrogen) atoms. The lowest BCUT2D eigenvalue weighted by atomic mass is 9.73. The summed E-state index contributed by atoms with van der Waals surface area (Å²) in [6, 6.07) is 0.781. The number of nitrogens with one attached hydrogen (secondary N) is 1. The molecule has 3 unspecified atom stereocenters. The van der Waals surface area contributed by atoms with E-state index in [4.69, 9.17) is 4.74 Å². The average Bonchev–Trinajstić information content (AvgIpc) is 2.74. The lowest BCUT2D eigenvalue weighted by Crippen LogP contribution is -2.45. The van der Waals surface area contributed by atoms with Gasteiger partial charge >= 0.3 is 0 Å². The fourth-order valence-corrected chi connectivity index (χ4v) is 6.10. The number of rotatable bonds is 3. The van der Waals surface area contributed by atoms with Crippen molar-refractivity contribution in [3.8, 4) is 0 Å².